The molecule has 0 saturated heterocycles. The van der Waals surface area contributed by atoms with E-state index in [4.69, 9.17) is 5.11 Å². The molecule has 0 aliphatic heterocycles. The maximum atomic E-state index is 11.1. The third kappa shape index (κ3) is 3.48. The monoisotopic (exact) mass is 227 g/mol. The lowest BCUT2D eigenvalue weighted by Crippen LogP contribution is -2.44. The second kappa shape index (κ2) is 5.17. The number of carbonyl (C=O) groups is 1. The van der Waals surface area contributed by atoms with E-state index in [2.05, 4.69) is 26.1 Å². The number of hydrogen-bond acceptors (Lipinski definition) is 2. The van der Waals surface area contributed by atoms with Crippen LogP contribution in [0.3, 0.4) is 0 Å². The number of nitrogens with one attached hydrogen (secondary N) is 1. The molecule has 0 radical (unpaired) electrons. The van der Waals surface area contributed by atoms with Crippen LogP contribution in [0.2, 0.25) is 0 Å². The van der Waals surface area contributed by atoms with Gasteiger partial charge in [0.05, 0.1) is 0 Å². The Morgan fingerprint density at radius 3 is 2.50 bits per heavy atom. The van der Waals surface area contributed by atoms with Crippen LogP contribution in [0.5, 0.6) is 0 Å². The molecule has 3 heteroatoms. The highest BCUT2D eigenvalue weighted by atomic mass is 16.4. The molecule has 1 aliphatic carbocycles. The highest BCUT2D eigenvalue weighted by Crippen LogP contribution is 2.41. The Balaban J connectivity index is 2.55. The Hall–Kier alpha value is -0.570. The predicted octanol–water partition coefficient (Wildman–Crippen LogP) is 2.65. The van der Waals surface area contributed by atoms with E-state index in [1.807, 2.05) is 6.92 Å². The highest BCUT2D eigenvalue weighted by molar-refractivity contribution is 5.73. The van der Waals surface area contributed by atoms with Crippen molar-refractivity contribution in [2.45, 2.75) is 65.5 Å². The summed E-state index contributed by atoms with van der Waals surface area (Å²) in [5, 5.41) is 12.4. The van der Waals surface area contributed by atoms with E-state index in [0.29, 0.717) is 17.4 Å². The SMILES string of the molecule is CCCC(NC1CC(C)(C)CC1C)C(=O)O. The van der Waals surface area contributed by atoms with E-state index in [0.717, 1.165) is 19.3 Å². The van der Waals surface area contributed by atoms with Gasteiger partial charge in [-0.05, 0) is 30.6 Å². The van der Waals surface area contributed by atoms with Gasteiger partial charge in [0.25, 0.3) is 0 Å². The van der Waals surface area contributed by atoms with Crippen LogP contribution in [-0.2, 0) is 4.79 Å². The summed E-state index contributed by atoms with van der Waals surface area (Å²) in [6, 6.07) is -0.00556. The van der Waals surface area contributed by atoms with Crippen molar-refractivity contribution in [1.29, 1.82) is 0 Å². The molecule has 0 aromatic heterocycles. The van der Waals surface area contributed by atoms with Crippen LogP contribution in [0.1, 0.15) is 53.4 Å². The summed E-state index contributed by atoms with van der Waals surface area (Å²) in [4.78, 5) is 11.1. The number of carboxylic acid groups (broad SMARTS) is 1. The van der Waals surface area contributed by atoms with E-state index in [9.17, 15) is 4.79 Å². The van der Waals surface area contributed by atoms with Crippen LogP contribution in [0, 0.1) is 11.3 Å². The molecular weight excluding hydrogens is 202 g/mol. The average Bonchev–Trinajstić information content (AvgIpc) is 2.38. The third-order valence-corrected chi connectivity index (χ3v) is 3.62. The Kier molecular flexibility index (Phi) is 4.36. The molecule has 0 aromatic carbocycles. The van der Waals surface area contributed by atoms with Gasteiger partial charge in [0.15, 0.2) is 0 Å². The zero-order valence-corrected chi connectivity index (χ0v) is 10.9. The van der Waals surface area contributed by atoms with Crippen molar-refractivity contribution in [3.05, 3.63) is 0 Å². The van der Waals surface area contributed by atoms with Crippen molar-refractivity contribution < 1.29 is 9.90 Å². The molecule has 0 heterocycles. The van der Waals surface area contributed by atoms with Gasteiger partial charge in [-0.25, -0.2) is 0 Å². The lowest BCUT2D eigenvalue weighted by molar-refractivity contribution is -0.140. The van der Waals surface area contributed by atoms with E-state index < -0.39 is 5.97 Å². The van der Waals surface area contributed by atoms with Crippen LogP contribution in [0.4, 0.5) is 0 Å². The quantitative estimate of drug-likeness (QED) is 0.759. The fraction of sp³-hybridized carbons (Fsp3) is 0.923. The zero-order valence-electron chi connectivity index (χ0n) is 10.9. The molecule has 0 aromatic rings. The van der Waals surface area contributed by atoms with E-state index in [1.54, 1.807) is 0 Å². The molecule has 1 aliphatic rings. The lowest BCUT2D eigenvalue weighted by atomic mass is 9.91. The molecule has 94 valence electrons. The molecule has 0 spiro atoms. The van der Waals surface area contributed by atoms with Gasteiger partial charge in [0.1, 0.15) is 6.04 Å². The summed E-state index contributed by atoms with van der Waals surface area (Å²) in [6.07, 6.45) is 3.90. The molecule has 0 bridgehead atoms. The van der Waals surface area contributed by atoms with Gasteiger partial charge in [0.2, 0.25) is 0 Å². The normalized spacial score (nSPS) is 30.2. The first-order valence-electron chi connectivity index (χ1n) is 6.34. The topological polar surface area (TPSA) is 49.3 Å². The molecular formula is C13H25NO2. The Morgan fingerprint density at radius 1 is 1.50 bits per heavy atom. The van der Waals surface area contributed by atoms with Gasteiger partial charge in [-0.2, -0.15) is 0 Å². The minimum atomic E-state index is -0.709. The van der Waals surface area contributed by atoms with Gasteiger partial charge >= 0.3 is 5.97 Å². The van der Waals surface area contributed by atoms with Gasteiger partial charge in [-0.1, -0.05) is 34.1 Å². The molecule has 0 amide bonds. The summed E-state index contributed by atoms with van der Waals surface area (Å²) in [5.41, 5.74) is 0.354. The third-order valence-electron chi connectivity index (χ3n) is 3.62. The van der Waals surface area contributed by atoms with Gasteiger partial charge < -0.3 is 10.4 Å². The minimum Gasteiger partial charge on any atom is -0.480 e. The molecule has 16 heavy (non-hydrogen) atoms. The van der Waals surface area contributed by atoms with Crippen LogP contribution >= 0.6 is 0 Å². The molecule has 1 fully saturated rings. The fourth-order valence-corrected chi connectivity index (χ4v) is 2.94. The molecule has 2 N–H and O–H groups in total. The Labute approximate surface area is 98.6 Å². The van der Waals surface area contributed by atoms with Crippen molar-refractivity contribution in [3.63, 3.8) is 0 Å². The maximum Gasteiger partial charge on any atom is 0.320 e. The first kappa shape index (κ1) is 13.5. The number of hydrogen-bond donors (Lipinski definition) is 2. The largest absolute Gasteiger partial charge is 0.480 e. The smallest absolute Gasteiger partial charge is 0.320 e. The first-order valence-corrected chi connectivity index (χ1v) is 6.34. The standard InChI is InChI=1S/C13H25NO2/c1-5-6-10(12(15)16)14-11-8-13(3,4)7-9(11)2/h9-11,14H,5-8H2,1-4H3,(H,15,16). The molecule has 1 rings (SSSR count). The summed E-state index contributed by atoms with van der Waals surface area (Å²) >= 11 is 0. The zero-order chi connectivity index (χ0) is 12.3. The second-order valence-electron chi connectivity index (χ2n) is 6.00. The number of carboxylic acids is 1. The van der Waals surface area contributed by atoms with Crippen molar-refractivity contribution in [2.24, 2.45) is 11.3 Å². The first-order chi connectivity index (χ1) is 7.35. The average molecular weight is 227 g/mol. The summed E-state index contributed by atoms with van der Waals surface area (Å²) in [5.74, 6) is -0.132. The summed E-state index contributed by atoms with van der Waals surface area (Å²) in [7, 11) is 0. The van der Waals surface area contributed by atoms with Crippen molar-refractivity contribution in [1.82, 2.24) is 5.32 Å². The maximum absolute atomic E-state index is 11.1. The minimum absolute atomic E-state index is 0.354. The lowest BCUT2D eigenvalue weighted by Gasteiger charge is -2.23. The Bertz CT molecular complexity index is 250. The molecule has 3 atom stereocenters. The summed E-state index contributed by atoms with van der Waals surface area (Å²) in [6.45, 7) is 8.78. The van der Waals surface area contributed by atoms with Crippen molar-refractivity contribution in [3.8, 4) is 0 Å². The van der Waals surface area contributed by atoms with Crippen LogP contribution in [-0.4, -0.2) is 23.2 Å². The van der Waals surface area contributed by atoms with Gasteiger partial charge in [-0.3, -0.25) is 4.79 Å². The van der Waals surface area contributed by atoms with Gasteiger partial charge in [-0.15, -0.1) is 0 Å². The predicted molar refractivity (Wildman–Crippen MR) is 65.4 cm³/mol. The summed E-state index contributed by atoms with van der Waals surface area (Å²) < 4.78 is 0. The van der Waals surface area contributed by atoms with E-state index in [1.165, 1.54) is 6.42 Å². The highest BCUT2D eigenvalue weighted by Gasteiger charge is 2.38. The second-order valence-corrected chi connectivity index (χ2v) is 6.00. The fourth-order valence-electron chi connectivity index (χ4n) is 2.94. The van der Waals surface area contributed by atoms with E-state index in [-0.39, 0.29) is 6.04 Å². The Morgan fingerprint density at radius 2 is 2.12 bits per heavy atom. The van der Waals surface area contributed by atoms with E-state index >= 15 is 0 Å². The molecule has 3 unspecified atom stereocenters. The van der Waals surface area contributed by atoms with Gasteiger partial charge in [0, 0.05) is 6.04 Å². The van der Waals surface area contributed by atoms with Crippen LogP contribution in [0.25, 0.3) is 0 Å². The van der Waals surface area contributed by atoms with Crippen molar-refractivity contribution >= 4 is 5.97 Å². The van der Waals surface area contributed by atoms with Crippen LogP contribution < -0.4 is 5.32 Å². The number of aliphatic carboxylic acids is 1. The molecule has 3 nitrogen and oxygen atoms in total. The van der Waals surface area contributed by atoms with Crippen LogP contribution in [0.15, 0.2) is 0 Å². The van der Waals surface area contributed by atoms with Crippen molar-refractivity contribution in [2.75, 3.05) is 0 Å². The number of rotatable bonds is 5. The molecule has 1 saturated carbocycles.